The van der Waals surface area contributed by atoms with Gasteiger partial charge in [0.2, 0.25) is 0 Å². The monoisotopic (exact) mass is 426 g/mol. The lowest BCUT2D eigenvalue weighted by atomic mass is 9.87. The molecule has 32 heavy (non-hydrogen) atoms. The highest BCUT2D eigenvalue weighted by atomic mass is 19.1. The molecule has 3 aromatic carbocycles. The van der Waals surface area contributed by atoms with Gasteiger partial charge in [-0.1, -0.05) is 36.4 Å². The highest BCUT2D eigenvalue weighted by Crippen LogP contribution is 2.39. The highest BCUT2D eigenvalue weighted by Gasteiger charge is 2.43. The third-order valence-electron chi connectivity index (χ3n) is 7.05. The van der Waals surface area contributed by atoms with Gasteiger partial charge in [0, 0.05) is 47.8 Å². The van der Waals surface area contributed by atoms with E-state index in [1.54, 1.807) is 18.3 Å². The van der Waals surface area contributed by atoms with Gasteiger partial charge in [-0.2, -0.15) is 0 Å². The number of aromatic nitrogens is 1. The third kappa shape index (κ3) is 3.07. The number of likely N-dealkylation sites (tertiary alicyclic amines) is 1. The van der Waals surface area contributed by atoms with Crippen LogP contribution in [0.25, 0.3) is 32.8 Å². The average molecular weight is 426 g/mol. The summed E-state index contributed by atoms with van der Waals surface area (Å²) < 4.78 is 20.0. The smallest absolute Gasteiger partial charge is 0.254 e. The molecule has 2 fully saturated rings. The van der Waals surface area contributed by atoms with E-state index in [0.29, 0.717) is 16.5 Å². The first-order valence-electron chi connectivity index (χ1n) is 11.1. The Bertz CT molecular complexity index is 1360. The molecule has 4 nitrogen and oxygen atoms in total. The van der Waals surface area contributed by atoms with Gasteiger partial charge in [0.25, 0.3) is 5.91 Å². The third-order valence-corrected chi connectivity index (χ3v) is 7.05. The van der Waals surface area contributed by atoms with Gasteiger partial charge in [-0.25, -0.2) is 4.39 Å². The molecule has 0 aliphatic carbocycles. The molecular weight excluding hydrogens is 403 g/mol. The second kappa shape index (κ2) is 7.38. The summed E-state index contributed by atoms with van der Waals surface area (Å²) in [6, 6.07) is 18.6. The zero-order valence-electron chi connectivity index (χ0n) is 17.7. The van der Waals surface area contributed by atoms with Crippen LogP contribution in [0.3, 0.4) is 0 Å². The van der Waals surface area contributed by atoms with Crippen molar-refractivity contribution in [3.8, 4) is 11.1 Å². The van der Waals surface area contributed by atoms with E-state index in [1.165, 1.54) is 6.07 Å². The van der Waals surface area contributed by atoms with Gasteiger partial charge in [-0.05, 0) is 53.4 Å². The normalized spacial score (nSPS) is 20.6. The molecule has 1 atom stereocenters. The molecule has 4 aromatic rings. The number of carbonyl (C=O) groups is 1. The molecule has 1 spiro atoms. The Kier molecular flexibility index (Phi) is 4.47. The lowest BCUT2D eigenvalue weighted by Crippen LogP contribution is -2.32. The lowest BCUT2D eigenvalue weighted by molar-refractivity contribution is 0.0767. The first-order chi connectivity index (χ1) is 15.6. The Morgan fingerprint density at radius 3 is 2.72 bits per heavy atom. The SMILES string of the molecule is O=C(c1cccc2c(-c3cnc4cccc(F)c4c3)cccc12)N1CCC2(CCOC2)C1. The Morgan fingerprint density at radius 1 is 1.00 bits per heavy atom. The first-order valence-corrected chi connectivity index (χ1v) is 11.1. The number of hydrogen-bond donors (Lipinski definition) is 0. The Hall–Kier alpha value is -3.31. The van der Waals surface area contributed by atoms with Gasteiger partial charge >= 0.3 is 0 Å². The van der Waals surface area contributed by atoms with Gasteiger partial charge in [0.15, 0.2) is 0 Å². The largest absolute Gasteiger partial charge is 0.381 e. The van der Waals surface area contributed by atoms with Crippen molar-refractivity contribution in [1.29, 1.82) is 0 Å². The number of fused-ring (bicyclic) bond motifs is 2. The molecule has 0 N–H and O–H groups in total. The number of amides is 1. The van der Waals surface area contributed by atoms with Crippen LogP contribution in [0.2, 0.25) is 0 Å². The second-order valence-corrected chi connectivity index (χ2v) is 9.02. The topological polar surface area (TPSA) is 42.4 Å². The van der Waals surface area contributed by atoms with Crippen LogP contribution in [0.4, 0.5) is 4.39 Å². The molecule has 2 aliphatic heterocycles. The zero-order valence-corrected chi connectivity index (χ0v) is 17.7. The Labute approximate surface area is 185 Å². The molecule has 0 radical (unpaired) electrons. The minimum absolute atomic E-state index is 0.0687. The molecule has 0 saturated carbocycles. The molecular formula is C27H23FN2O2. The molecule has 2 aliphatic rings. The molecule has 1 aromatic heterocycles. The van der Waals surface area contributed by atoms with Crippen molar-refractivity contribution in [3.05, 3.63) is 78.2 Å². The number of hydrogen-bond acceptors (Lipinski definition) is 3. The van der Waals surface area contributed by atoms with Crippen molar-refractivity contribution < 1.29 is 13.9 Å². The fourth-order valence-electron chi connectivity index (χ4n) is 5.26. The number of carbonyl (C=O) groups excluding carboxylic acids is 1. The maximum Gasteiger partial charge on any atom is 0.254 e. The minimum Gasteiger partial charge on any atom is -0.381 e. The van der Waals surface area contributed by atoms with Crippen molar-refractivity contribution in [1.82, 2.24) is 9.88 Å². The molecule has 2 saturated heterocycles. The van der Waals surface area contributed by atoms with E-state index in [4.69, 9.17) is 4.74 Å². The number of benzene rings is 3. The van der Waals surface area contributed by atoms with Crippen LogP contribution in [0.5, 0.6) is 0 Å². The first kappa shape index (κ1) is 19.4. The molecule has 1 unspecified atom stereocenters. The molecule has 6 rings (SSSR count). The fourth-order valence-corrected chi connectivity index (χ4v) is 5.26. The van der Waals surface area contributed by atoms with Crippen molar-refractivity contribution in [3.63, 3.8) is 0 Å². The summed E-state index contributed by atoms with van der Waals surface area (Å²) >= 11 is 0. The van der Waals surface area contributed by atoms with E-state index >= 15 is 0 Å². The van der Waals surface area contributed by atoms with Gasteiger partial charge in [0.1, 0.15) is 5.82 Å². The summed E-state index contributed by atoms with van der Waals surface area (Å²) in [4.78, 5) is 19.9. The van der Waals surface area contributed by atoms with Crippen LogP contribution in [0, 0.1) is 11.2 Å². The quantitative estimate of drug-likeness (QED) is 0.428. The van der Waals surface area contributed by atoms with Gasteiger partial charge < -0.3 is 9.64 Å². The van der Waals surface area contributed by atoms with Crippen LogP contribution in [0.15, 0.2) is 66.9 Å². The predicted octanol–water partition coefficient (Wildman–Crippen LogP) is 5.45. The van der Waals surface area contributed by atoms with E-state index < -0.39 is 0 Å². The van der Waals surface area contributed by atoms with E-state index in [1.807, 2.05) is 47.4 Å². The average Bonchev–Trinajstić information content (AvgIpc) is 3.47. The van der Waals surface area contributed by atoms with E-state index in [0.717, 1.165) is 61.0 Å². The molecule has 0 bridgehead atoms. The van der Waals surface area contributed by atoms with Gasteiger partial charge in [0.05, 0.1) is 12.1 Å². The van der Waals surface area contributed by atoms with Gasteiger partial charge in [-0.3, -0.25) is 9.78 Å². The Balaban J connectivity index is 1.42. The zero-order chi connectivity index (χ0) is 21.7. The van der Waals surface area contributed by atoms with E-state index in [-0.39, 0.29) is 17.1 Å². The van der Waals surface area contributed by atoms with Crippen LogP contribution in [0.1, 0.15) is 23.2 Å². The molecule has 5 heteroatoms. The fraction of sp³-hybridized carbons (Fsp3) is 0.259. The summed E-state index contributed by atoms with van der Waals surface area (Å²) in [5.74, 6) is -0.217. The summed E-state index contributed by atoms with van der Waals surface area (Å²) in [5.41, 5.74) is 3.24. The second-order valence-electron chi connectivity index (χ2n) is 9.02. The number of halogens is 1. The highest BCUT2D eigenvalue weighted by molar-refractivity contribution is 6.10. The number of pyridine rings is 1. The number of nitrogens with zero attached hydrogens (tertiary/aromatic N) is 2. The summed E-state index contributed by atoms with van der Waals surface area (Å²) in [5, 5.41) is 2.37. The van der Waals surface area contributed by atoms with E-state index in [9.17, 15) is 9.18 Å². The Morgan fingerprint density at radius 2 is 1.84 bits per heavy atom. The number of rotatable bonds is 2. The van der Waals surface area contributed by atoms with Gasteiger partial charge in [-0.15, -0.1) is 0 Å². The minimum atomic E-state index is -0.285. The number of ether oxygens (including phenoxy) is 1. The maximum absolute atomic E-state index is 14.4. The summed E-state index contributed by atoms with van der Waals surface area (Å²) in [6.45, 7) is 3.07. The maximum atomic E-state index is 14.4. The van der Waals surface area contributed by atoms with Crippen LogP contribution < -0.4 is 0 Å². The van der Waals surface area contributed by atoms with Crippen LogP contribution in [-0.2, 0) is 4.74 Å². The van der Waals surface area contributed by atoms with E-state index in [2.05, 4.69) is 4.98 Å². The van der Waals surface area contributed by atoms with Crippen molar-refractivity contribution in [2.75, 3.05) is 26.3 Å². The molecule has 160 valence electrons. The van der Waals surface area contributed by atoms with Crippen LogP contribution in [-0.4, -0.2) is 42.1 Å². The predicted molar refractivity (Wildman–Crippen MR) is 123 cm³/mol. The standard InChI is InChI=1S/C27H23FN2O2/c28-24-8-3-9-25-23(24)14-18(15-29-25)19-4-1-6-21-20(19)5-2-7-22(21)26(31)30-12-10-27(16-30)11-13-32-17-27/h1-9,14-15H,10-13,16-17H2. The summed E-state index contributed by atoms with van der Waals surface area (Å²) in [6.07, 6.45) is 3.81. The van der Waals surface area contributed by atoms with Crippen LogP contribution >= 0.6 is 0 Å². The summed E-state index contributed by atoms with van der Waals surface area (Å²) in [7, 11) is 0. The molecule has 3 heterocycles. The van der Waals surface area contributed by atoms with Crippen molar-refractivity contribution >= 4 is 27.6 Å². The lowest BCUT2D eigenvalue weighted by Gasteiger charge is -2.22. The van der Waals surface area contributed by atoms with Crippen molar-refractivity contribution in [2.24, 2.45) is 5.41 Å². The van der Waals surface area contributed by atoms with Crippen molar-refractivity contribution in [2.45, 2.75) is 12.8 Å². The molecule has 1 amide bonds.